The summed E-state index contributed by atoms with van der Waals surface area (Å²) in [6.07, 6.45) is 6.18. The van der Waals surface area contributed by atoms with Gasteiger partial charge in [0.15, 0.2) is 0 Å². The molecule has 3 nitrogen and oxygen atoms in total. The Bertz CT molecular complexity index is 738. The molecule has 0 spiro atoms. The van der Waals surface area contributed by atoms with Gasteiger partial charge < -0.3 is 10.7 Å². The van der Waals surface area contributed by atoms with Crippen molar-refractivity contribution in [3.63, 3.8) is 0 Å². The summed E-state index contributed by atoms with van der Waals surface area (Å²) in [7, 11) is 0. The van der Waals surface area contributed by atoms with E-state index in [9.17, 15) is 0 Å². The lowest BCUT2D eigenvalue weighted by atomic mass is 9.95. The van der Waals surface area contributed by atoms with Gasteiger partial charge in [0.25, 0.3) is 0 Å². The third-order valence-corrected chi connectivity index (χ3v) is 4.26. The van der Waals surface area contributed by atoms with Gasteiger partial charge in [-0.25, -0.2) is 0 Å². The van der Waals surface area contributed by atoms with Crippen LogP contribution >= 0.6 is 0 Å². The fourth-order valence-corrected chi connectivity index (χ4v) is 2.84. The molecule has 0 saturated heterocycles. The van der Waals surface area contributed by atoms with E-state index in [-0.39, 0.29) is 5.41 Å². The topological polar surface area (TPSA) is 54.7 Å². The number of fused-ring (bicyclic) bond motifs is 3. The lowest BCUT2D eigenvalue weighted by molar-refractivity contribution is 0.706. The molecule has 1 aliphatic carbocycles. The molecule has 0 aliphatic heterocycles. The molecule has 0 bridgehead atoms. The number of hydrogen-bond donors (Lipinski definition) is 2. The monoisotopic (exact) mass is 237 g/mol. The number of rotatable bonds is 2. The first kappa shape index (κ1) is 10.1. The third-order valence-electron chi connectivity index (χ3n) is 4.26. The zero-order chi connectivity index (χ0) is 12.2. The second kappa shape index (κ2) is 3.33. The van der Waals surface area contributed by atoms with Crippen LogP contribution in [0.25, 0.3) is 21.8 Å². The Morgan fingerprint density at radius 3 is 2.83 bits per heavy atom. The molecule has 3 N–H and O–H groups in total. The van der Waals surface area contributed by atoms with Crippen molar-refractivity contribution in [2.24, 2.45) is 5.73 Å². The molecule has 90 valence electrons. The summed E-state index contributed by atoms with van der Waals surface area (Å²) in [5, 5.41) is 2.44. The smallest absolute Gasteiger partial charge is 0.0495 e. The fraction of sp³-hybridized carbons (Fsp3) is 0.267. The SMILES string of the molecule is NCC1(c2ccc3c(c2)[nH]c2ccncc23)CC1. The van der Waals surface area contributed by atoms with Crippen molar-refractivity contribution in [2.45, 2.75) is 18.3 Å². The number of nitrogens with one attached hydrogen (secondary N) is 1. The highest BCUT2D eigenvalue weighted by Gasteiger charge is 2.42. The van der Waals surface area contributed by atoms with Gasteiger partial charge in [-0.2, -0.15) is 0 Å². The molecule has 1 aliphatic rings. The molecule has 1 saturated carbocycles. The summed E-state index contributed by atoms with van der Waals surface area (Å²) in [6.45, 7) is 0.750. The molecule has 3 aromatic rings. The number of pyridine rings is 1. The second-order valence-electron chi connectivity index (χ2n) is 5.29. The normalized spacial score (nSPS) is 17.4. The van der Waals surface area contributed by atoms with Crippen LogP contribution in [0.2, 0.25) is 0 Å². The van der Waals surface area contributed by atoms with Gasteiger partial charge in [0.05, 0.1) is 0 Å². The number of hydrogen-bond acceptors (Lipinski definition) is 2. The lowest BCUT2D eigenvalue weighted by Gasteiger charge is -2.12. The summed E-state index contributed by atoms with van der Waals surface area (Å²) in [4.78, 5) is 7.66. The molecule has 0 amide bonds. The molecule has 0 radical (unpaired) electrons. The maximum atomic E-state index is 5.90. The van der Waals surface area contributed by atoms with E-state index >= 15 is 0 Å². The van der Waals surface area contributed by atoms with Gasteiger partial charge in [-0.1, -0.05) is 12.1 Å². The molecule has 4 rings (SSSR count). The predicted molar refractivity (Wildman–Crippen MR) is 73.6 cm³/mol. The summed E-state index contributed by atoms with van der Waals surface area (Å²) in [5.74, 6) is 0. The largest absolute Gasteiger partial charge is 0.354 e. The van der Waals surface area contributed by atoms with Crippen molar-refractivity contribution in [1.29, 1.82) is 0 Å². The van der Waals surface area contributed by atoms with Gasteiger partial charge >= 0.3 is 0 Å². The highest BCUT2D eigenvalue weighted by Crippen LogP contribution is 2.47. The average Bonchev–Trinajstić information content (AvgIpc) is 3.13. The van der Waals surface area contributed by atoms with Crippen LogP contribution in [-0.2, 0) is 5.41 Å². The maximum Gasteiger partial charge on any atom is 0.0495 e. The Morgan fingerprint density at radius 1 is 1.17 bits per heavy atom. The molecule has 2 heterocycles. The van der Waals surface area contributed by atoms with Crippen molar-refractivity contribution >= 4 is 21.8 Å². The molecular formula is C15H15N3. The van der Waals surface area contributed by atoms with Gasteiger partial charge in [-0.15, -0.1) is 0 Å². The third kappa shape index (κ3) is 1.25. The molecular weight excluding hydrogens is 222 g/mol. The fourth-order valence-electron chi connectivity index (χ4n) is 2.84. The quantitative estimate of drug-likeness (QED) is 0.720. The number of nitrogens with two attached hydrogens (primary N) is 1. The molecule has 1 aromatic carbocycles. The van der Waals surface area contributed by atoms with Crippen molar-refractivity contribution < 1.29 is 0 Å². The molecule has 2 aromatic heterocycles. The van der Waals surface area contributed by atoms with Crippen LogP contribution in [0.4, 0.5) is 0 Å². The van der Waals surface area contributed by atoms with Crippen molar-refractivity contribution in [1.82, 2.24) is 9.97 Å². The van der Waals surface area contributed by atoms with E-state index in [0.717, 1.165) is 12.1 Å². The highest BCUT2D eigenvalue weighted by molar-refractivity contribution is 6.06. The first-order valence-corrected chi connectivity index (χ1v) is 6.38. The van der Waals surface area contributed by atoms with Crippen LogP contribution in [0.3, 0.4) is 0 Å². The van der Waals surface area contributed by atoms with Crippen LogP contribution in [0.5, 0.6) is 0 Å². The number of H-pyrrole nitrogens is 1. The molecule has 0 atom stereocenters. The van der Waals surface area contributed by atoms with Crippen LogP contribution in [0, 0.1) is 0 Å². The lowest BCUT2D eigenvalue weighted by Crippen LogP contribution is -2.19. The van der Waals surface area contributed by atoms with Gasteiger partial charge in [0.1, 0.15) is 0 Å². The maximum absolute atomic E-state index is 5.90. The van der Waals surface area contributed by atoms with Crippen LogP contribution in [0.15, 0.2) is 36.7 Å². The summed E-state index contributed by atoms with van der Waals surface area (Å²) < 4.78 is 0. The second-order valence-corrected chi connectivity index (χ2v) is 5.29. The summed E-state index contributed by atoms with van der Waals surface area (Å²) in [6, 6.07) is 8.70. The van der Waals surface area contributed by atoms with Crippen LogP contribution in [-0.4, -0.2) is 16.5 Å². The van der Waals surface area contributed by atoms with E-state index in [2.05, 4.69) is 28.2 Å². The first-order valence-electron chi connectivity index (χ1n) is 6.38. The van der Waals surface area contributed by atoms with Gasteiger partial charge in [0.2, 0.25) is 0 Å². The van der Waals surface area contributed by atoms with Crippen molar-refractivity contribution in [3.05, 3.63) is 42.2 Å². The van der Waals surface area contributed by atoms with Gasteiger partial charge in [0, 0.05) is 46.2 Å². The van der Waals surface area contributed by atoms with E-state index in [1.54, 1.807) is 0 Å². The minimum atomic E-state index is 0.254. The van der Waals surface area contributed by atoms with Crippen LogP contribution < -0.4 is 5.73 Å². The van der Waals surface area contributed by atoms with Crippen molar-refractivity contribution in [2.75, 3.05) is 6.54 Å². The number of aromatic amines is 1. The Kier molecular flexibility index (Phi) is 1.87. The van der Waals surface area contributed by atoms with E-state index in [1.807, 2.05) is 18.5 Å². The zero-order valence-electron chi connectivity index (χ0n) is 10.1. The first-order chi connectivity index (χ1) is 8.82. The van der Waals surface area contributed by atoms with Gasteiger partial charge in [-0.3, -0.25) is 4.98 Å². The van der Waals surface area contributed by atoms with E-state index in [0.29, 0.717) is 0 Å². The van der Waals surface area contributed by atoms with Gasteiger partial charge in [-0.05, 0) is 30.5 Å². The number of benzene rings is 1. The average molecular weight is 237 g/mol. The molecule has 1 fully saturated rings. The van der Waals surface area contributed by atoms with Crippen molar-refractivity contribution in [3.8, 4) is 0 Å². The minimum absolute atomic E-state index is 0.254. The zero-order valence-corrected chi connectivity index (χ0v) is 10.1. The Hall–Kier alpha value is -1.87. The molecule has 18 heavy (non-hydrogen) atoms. The molecule has 0 unspecified atom stereocenters. The standard InChI is InChI=1S/C15H15N3/c16-9-15(4-5-15)10-1-2-11-12-8-17-6-3-13(12)18-14(11)7-10/h1-3,6-8,18H,4-5,9,16H2. The Balaban J connectivity index is 1.98. The number of aromatic nitrogens is 2. The number of nitrogens with zero attached hydrogens (tertiary/aromatic N) is 1. The van der Waals surface area contributed by atoms with E-state index < -0.39 is 0 Å². The summed E-state index contributed by atoms with van der Waals surface area (Å²) >= 11 is 0. The van der Waals surface area contributed by atoms with Crippen LogP contribution in [0.1, 0.15) is 18.4 Å². The highest BCUT2D eigenvalue weighted by atomic mass is 14.7. The Morgan fingerprint density at radius 2 is 2.06 bits per heavy atom. The Labute approximate surface area is 105 Å². The summed E-state index contributed by atoms with van der Waals surface area (Å²) in [5.41, 5.74) is 9.86. The van der Waals surface area contributed by atoms with E-state index in [1.165, 1.54) is 34.7 Å². The molecule has 3 heteroatoms. The minimum Gasteiger partial charge on any atom is -0.354 e. The predicted octanol–water partition coefficient (Wildman–Crippen LogP) is 2.71. The van der Waals surface area contributed by atoms with E-state index in [4.69, 9.17) is 5.73 Å².